The maximum atomic E-state index is 12.2. The molecule has 2 aromatic rings. The highest BCUT2D eigenvalue weighted by Crippen LogP contribution is 2.18. The van der Waals surface area contributed by atoms with Gasteiger partial charge >= 0.3 is 0 Å². The number of benzene rings is 1. The number of piperidine rings is 1. The third-order valence-electron chi connectivity index (χ3n) is 4.08. The van der Waals surface area contributed by atoms with Gasteiger partial charge in [-0.2, -0.15) is 5.10 Å². The molecule has 0 unspecified atom stereocenters. The third kappa shape index (κ3) is 4.33. The molecule has 0 spiro atoms. The monoisotopic (exact) mass is 332 g/mol. The minimum absolute atomic E-state index is 0.00723. The van der Waals surface area contributed by atoms with E-state index in [0.29, 0.717) is 23.9 Å². The summed E-state index contributed by atoms with van der Waals surface area (Å²) in [5.41, 5.74) is 0.976. The summed E-state index contributed by atoms with van der Waals surface area (Å²) in [6.45, 7) is 2.99. The molecule has 3 rings (SSSR count). The molecule has 0 bridgehead atoms. The molecule has 0 radical (unpaired) electrons. The first kappa shape index (κ1) is 16.0. The van der Waals surface area contributed by atoms with E-state index in [0.717, 1.165) is 18.7 Å². The van der Waals surface area contributed by atoms with Crippen molar-refractivity contribution in [1.29, 1.82) is 0 Å². The number of carbonyl (C=O) groups excluding carboxylic acids is 1. The quantitative estimate of drug-likeness (QED) is 0.915. The second-order valence-electron chi connectivity index (χ2n) is 5.85. The Labute approximate surface area is 141 Å². The highest BCUT2D eigenvalue weighted by atomic mass is 35.5. The standard InChI is InChI=1S/C17H21ClN4O/c18-15-7-3-2-6-14(15)12-22-16(8-9-19-22)20-17(23)13-21-10-4-1-5-11-21/h2-3,6-9H,1,4-5,10-13H2,(H,20,23). The first-order valence-corrected chi connectivity index (χ1v) is 8.37. The van der Waals surface area contributed by atoms with E-state index in [1.54, 1.807) is 10.9 Å². The number of nitrogens with zero attached hydrogens (tertiary/aromatic N) is 3. The van der Waals surface area contributed by atoms with Crippen molar-refractivity contribution in [3.8, 4) is 0 Å². The van der Waals surface area contributed by atoms with Crippen LogP contribution >= 0.6 is 11.6 Å². The summed E-state index contributed by atoms with van der Waals surface area (Å²) in [5.74, 6) is 0.708. The van der Waals surface area contributed by atoms with Crippen LogP contribution in [0.25, 0.3) is 0 Å². The highest BCUT2D eigenvalue weighted by Gasteiger charge is 2.15. The lowest BCUT2D eigenvalue weighted by molar-refractivity contribution is -0.117. The normalized spacial score (nSPS) is 15.5. The molecule has 6 heteroatoms. The van der Waals surface area contributed by atoms with Crippen molar-refractivity contribution in [3.05, 3.63) is 47.1 Å². The van der Waals surface area contributed by atoms with Crippen LogP contribution in [0, 0.1) is 0 Å². The van der Waals surface area contributed by atoms with Gasteiger partial charge in [-0.3, -0.25) is 9.69 Å². The van der Waals surface area contributed by atoms with E-state index in [-0.39, 0.29) is 5.91 Å². The number of amides is 1. The van der Waals surface area contributed by atoms with Crippen LogP contribution in [-0.2, 0) is 11.3 Å². The Morgan fingerprint density at radius 3 is 2.74 bits per heavy atom. The maximum Gasteiger partial charge on any atom is 0.239 e. The largest absolute Gasteiger partial charge is 0.310 e. The van der Waals surface area contributed by atoms with Crippen LogP contribution in [0.15, 0.2) is 36.5 Å². The van der Waals surface area contributed by atoms with Gasteiger partial charge in [-0.05, 0) is 37.6 Å². The fraction of sp³-hybridized carbons (Fsp3) is 0.412. The van der Waals surface area contributed by atoms with Gasteiger partial charge < -0.3 is 5.32 Å². The molecule has 1 aromatic carbocycles. The highest BCUT2D eigenvalue weighted by molar-refractivity contribution is 6.31. The van der Waals surface area contributed by atoms with E-state index in [2.05, 4.69) is 15.3 Å². The van der Waals surface area contributed by atoms with Crippen molar-refractivity contribution in [1.82, 2.24) is 14.7 Å². The third-order valence-corrected chi connectivity index (χ3v) is 4.45. The van der Waals surface area contributed by atoms with Crippen LogP contribution in [-0.4, -0.2) is 40.2 Å². The molecule has 1 fully saturated rings. The number of anilines is 1. The molecule has 23 heavy (non-hydrogen) atoms. The van der Waals surface area contributed by atoms with Gasteiger partial charge in [0.25, 0.3) is 0 Å². The molecule has 2 heterocycles. The van der Waals surface area contributed by atoms with Gasteiger partial charge in [0.2, 0.25) is 5.91 Å². The van der Waals surface area contributed by atoms with Gasteiger partial charge in [0.15, 0.2) is 0 Å². The first-order chi connectivity index (χ1) is 11.2. The molecule has 0 aliphatic carbocycles. The smallest absolute Gasteiger partial charge is 0.239 e. The van der Waals surface area contributed by atoms with E-state index in [1.165, 1.54) is 19.3 Å². The van der Waals surface area contributed by atoms with Crippen molar-refractivity contribution in [2.75, 3.05) is 25.0 Å². The lowest BCUT2D eigenvalue weighted by atomic mass is 10.1. The van der Waals surface area contributed by atoms with Gasteiger partial charge in [0, 0.05) is 11.1 Å². The van der Waals surface area contributed by atoms with E-state index in [9.17, 15) is 4.79 Å². The lowest BCUT2D eigenvalue weighted by Gasteiger charge is -2.25. The fourth-order valence-electron chi connectivity index (χ4n) is 2.86. The van der Waals surface area contributed by atoms with Gasteiger partial charge in [-0.25, -0.2) is 4.68 Å². The molecule has 5 nitrogen and oxygen atoms in total. The Hall–Kier alpha value is -1.85. The molecule has 122 valence electrons. The first-order valence-electron chi connectivity index (χ1n) is 8.00. The van der Waals surface area contributed by atoms with Crippen molar-refractivity contribution >= 4 is 23.3 Å². The van der Waals surface area contributed by atoms with Gasteiger partial charge in [-0.15, -0.1) is 0 Å². The number of hydrogen-bond acceptors (Lipinski definition) is 3. The van der Waals surface area contributed by atoms with Crippen molar-refractivity contribution in [2.24, 2.45) is 0 Å². The summed E-state index contributed by atoms with van der Waals surface area (Å²) in [5, 5.41) is 7.94. The molecule has 0 saturated carbocycles. The zero-order chi connectivity index (χ0) is 16.1. The minimum atomic E-state index is 0.00723. The van der Waals surface area contributed by atoms with Crippen LogP contribution < -0.4 is 5.32 Å². The van der Waals surface area contributed by atoms with Crippen LogP contribution in [0.4, 0.5) is 5.82 Å². The Morgan fingerprint density at radius 2 is 1.96 bits per heavy atom. The number of carbonyl (C=O) groups is 1. The van der Waals surface area contributed by atoms with E-state index < -0.39 is 0 Å². The van der Waals surface area contributed by atoms with Gasteiger partial charge in [0.1, 0.15) is 5.82 Å². The second kappa shape index (κ2) is 7.62. The topological polar surface area (TPSA) is 50.2 Å². The summed E-state index contributed by atoms with van der Waals surface area (Å²) in [4.78, 5) is 14.4. The molecule has 1 N–H and O–H groups in total. The van der Waals surface area contributed by atoms with Crippen molar-refractivity contribution in [3.63, 3.8) is 0 Å². The Morgan fingerprint density at radius 1 is 1.17 bits per heavy atom. The lowest BCUT2D eigenvalue weighted by Crippen LogP contribution is -2.37. The average Bonchev–Trinajstić information content (AvgIpc) is 2.97. The summed E-state index contributed by atoms with van der Waals surface area (Å²) < 4.78 is 1.76. The van der Waals surface area contributed by atoms with Crippen molar-refractivity contribution in [2.45, 2.75) is 25.8 Å². The predicted octanol–water partition coefficient (Wildman–Crippen LogP) is 3.01. The summed E-state index contributed by atoms with van der Waals surface area (Å²) in [6, 6.07) is 9.47. The minimum Gasteiger partial charge on any atom is -0.310 e. The van der Waals surface area contributed by atoms with Crippen LogP contribution in [0.2, 0.25) is 5.02 Å². The van der Waals surface area contributed by atoms with Gasteiger partial charge in [-0.1, -0.05) is 36.2 Å². The van der Waals surface area contributed by atoms with Crippen molar-refractivity contribution < 1.29 is 4.79 Å². The molecule has 1 saturated heterocycles. The number of rotatable bonds is 5. The number of likely N-dealkylation sites (tertiary alicyclic amines) is 1. The zero-order valence-corrected chi connectivity index (χ0v) is 13.8. The molecule has 1 aromatic heterocycles. The number of hydrogen-bond donors (Lipinski definition) is 1. The summed E-state index contributed by atoms with van der Waals surface area (Å²) in [7, 11) is 0. The Balaban J connectivity index is 1.61. The van der Waals surface area contributed by atoms with Crippen LogP contribution in [0.1, 0.15) is 24.8 Å². The molecule has 1 aliphatic rings. The number of nitrogens with one attached hydrogen (secondary N) is 1. The van der Waals surface area contributed by atoms with Crippen LogP contribution in [0.5, 0.6) is 0 Å². The number of halogens is 1. The van der Waals surface area contributed by atoms with E-state index in [4.69, 9.17) is 11.6 Å². The van der Waals surface area contributed by atoms with E-state index in [1.807, 2.05) is 30.3 Å². The number of aromatic nitrogens is 2. The molecule has 0 atom stereocenters. The molecule has 1 amide bonds. The molecular weight excluding hydrogens is 312 g/mol. The Kier molecular flexibility index (Phi) is 5.31. The van der Waals surface area contributed by atoms with Crippen LogP contribution in [0.3, 0.4) is 0 Å². The van der Waals surface area contributed by atoms with E-state index >= 15 is 0 Å². The fourth-order valence-corrected chi connectivity index (χ4v) is 3.05. The molecule has 1 aliphatic heterocycles. The molecular formula is C17H21ClN4O. The SMILES string of the molecule is O=C(CN1CCCCC1)Nc1ccnn1Cc1ccccc1Cl. The van der Waals surface area contributed by atoms with Gasteiger partial charge in [0.05, 0.1) is 19.3 Å². The predicted molar refractivity (Wildman–Crippen MR) is 91.7 cm³/mol. The second-order valence-corrected chi connectivity index (χ2v) is 6.26. The average molecular weight is 333 g/mol. The Bertz CT molecular complexity index is 664. The maximum absolute atomic E-state index is 12.2. The summed E-state index contributed by atoms with van der Waals surface area (Å²) in [6.07, 6.45) is 5.31. The zero-order valence-electron chi connectivity index (χ0n) is 13.0. The summed E-state index contributed by atoms with van der Waals surface area (Å²) >= 11 is 6.19.